The van der Waals surface area contributed by atoms with Crippen LogP contribution in [0.2, 0.25) is 0 Å². The number of amides is 1. The Morgan fingerprint density at radius 2 is 1.79 bits per heavy atom. The van der Waals surface area contributed by atoms with Crippen molar-refractivity contribution >= 4 is 29.0 Å². The third kappa shape index (κ3) is 5.34. The number of benzene rings is 2. The molecule has 0 saturated carbocycles. The summed E-state index contributed by atoms with van der Waals surface area (Å²) in [5.41, 5.74) is 2.27. The third-order valence-electron chi connectivity index (χ3n) is 4.37. The van der Waals surface area contributed by atoms with Crippen LogP contribution >= 0.6 is 23.1 Å². The molecule has 0 saturated heterocycles. The van der Waals surface area contributed by atoms with Gasteiger partial charge >= 0.3 is 0 Å². The third-order valence-corrected chi connectivity index (χ3v) is 6.10. The molecule has 2 aromatic heterocycles. The van der Waals surface area contributed by atoms with Gasteiger partial charge in [-0.2, -0.15) is 0 Å². The Hall–Kier alpha value is -2.90. The predicted octanol–water partition coefficient (Wildman–Crippen LogP) is 4.73. The Bertz CT molecular complexity index is 1030. The van der Waals surface area contributed by atoms with Gasteiger partial charge in [-0.05, 0) is 29.0 Å². The van der Waals surface area contributed by atoms with Crippen LogP contribution in [0.3, 0.4) is 0 Å². The van der Waals surface area contributed by atoms with Gasteiger partial charge in [0.25, 0.3) is 0 Å². The van der Waals surface area contributed by atoms with Gasteiger partial charge in [-0.25, -0.2) is 4.98 Å². The summed E-state index contributed by atoms with van der Waals surface area (Å²) in [5, 5.41) is 12.9. The second-order valence-electron chi connectivity index (χ2n) is 6.45. The standard InChI is InChI=1S/C22H20N4OS2/c27-20(15-29-22-24-21(25-26-22)19-12-7-13-28-19)23-18(17-10-5-2-6-11-17)14-16-8-3-1-4-9-16/h1-13,18H,14-15H2,(H,23,27)(H,24,25,26). The minimum atomic E-state index is -0.0828. The number of H-pyrrole nitrogens is 1. The first-order chi connectivity index (χ1) is 14.3. The van der Waals surface area contributed by atoms with Crippen LogP contribution in [0.15, 0.2) is 83.3 Å². The van der Waals surface area contributed by atoms with Gasteiger partial charge in [0.2, 0.25) is 11.1 Å². The molecule has 4 rings (SSSR count). The molecule has 4 aromatic rings. The number of hydrogen-bond donors (Lipinski definition) is 2. The molecule has 0 spiro atoms. The molecular formula is C22H20N4OS2. The lowest BCUT2D eigenvalue weighted by molar-refractivity contribution is -0.119. The molecular weight excluding hydrogens is 400 g/mol. The lowest BCUT2D eigenvalue weighted by Gasteiger charge is -2.19. The van der Waals surface area contributed by atoms with E-state index in [-0.39, 0.29) is 17.7 Å². The van der Waals surface area contributed by atoms with Gasteiger partial charge in [0, 0.05) is 0 Å². The van der Waals surface area contributed by atoms with Crippen molar-refractivity contribution in [3.63, 3.8) is 0 Å². The molecule has 0 aliphatic heterocycles. The van der Waals surface area contributed by atoms with Crippen molar-refractivity contribution in [2.45, 2.75) is 17.6 Å². The maximum absolute atomic E-state index is 12.6. The molecule has 29 heavy (non-hydrogen) atoms. The van der Waals surface area contributed by atoms with Crippen LogP contribution in [-0.4, -0.2) is 26.8 Å². The fourth-order valence-corrected chi connectivity index (χ4v) is 4.26. The Balaban J connectivity index is 1.39. The molecule has 0 aliphatic rings. The van der Waals surface area contributed by atoms with E-state index in [0.717, 1.165) is 22.7 Å². The number of nitrogens with zero attached hydrogens (tertiary/aromatic N) is 2. The first kappa shape index (κ1) is 19.4. The van der Waals surface area contributed by atoms with Crippen molar-refractivity contribution in [3.8, 4) is 10.7 Å². The predicted molar refractivity (Wildman–Crippen MR) is 118 cm³/mol. The summed E-state index contributed by atoms with van der Waals surface area (Å²) in [6.07, 6.45) is 0.741. The van der Waals surface area contributed by atoms with Gasteiger partial charge in [-0.15, -0.1) is 16.4 Å². The van der Waals surface area contributed by atoms with Crippen molar-refractivity contribution in [1.82, 2.24) is 20.5 Å². The number of nitrogens with one attached hydrogen (secondary N) is 2. The Morgan fingerprint density at radius 1 is 1.03 bits per heavy atom. The molecule has 2 heterocycles. The van der Waals surface area contributed by atoms with Crippen LogP contribution < -0.4 is 5.32 Å². The molecule has 2 aromatic carbocycles. The number of rotatable bonds is 8. The average Bonchev–Trinajstić information content (AvgIpc) is 3.45. The first-order valence-electron chi connectivity index (χ1n) is 9.25. The summed E-state index contributed by atoms with van der Waals surface area (Å²) >= 11 is 2.93. The molecule has 2 N–H and O–H groups in total. The molecule has 5 nitrogen and oxygen atoms in total. The molecule has 0 bridgehead atoms. The highest BCUT2D eigenvalue weighted by molar-refractivity contribution is 7.99. The second kappa shape index (κ2) is 9.54. The van der Waals surface area contributed by atoms with E-state index in [1.54, 1.807) is 11.3 Å². The van der Waals surface area contributed by atoms with Crippen molar-refractivity contribution in [2.24, 2.45) is 0 Å². The van der Waals surface area contributed by atoms with Crippen molar-refractivity contribution in [1.29, 1.82) is 0 Å². The fourth-order valence-electron chi connectivity index (χ4n) is 2.99. The van der Waals surface area contributed by atoms with Crippen LogP contribution in [0.5, 0.6) is 0 Å². The number of thiophene rings is 1. The zero-order chi connectivity index (χ0) is 19.9. The number of thioether (sulfide) groups is 1. The molecule has 1 atom stereocenters. The van der Waals surface area contributed by atoms with Crippen molar-refractivity contribution in [3.05, 3.63) is 89.3 Å². The van der Waals surface area contributed by atoms with Crippen LogP contribution in [0, 0.1) is 0 Å². The summed E-state index contributed by atoms with van der Waals surface area (Å²) < 4.78 is 0. The van der Waals surface area contributed by atoms with E-state index < -0.39 is 0 Å². The smallest absolute Gasteiger partial charge is 0.230 e. The highest BCUT2D eigenvalue weighted by atomic mass is 32.2. The van der Waals surface area contributed by atoms with E-state index in [2.05, 4.69) is 32.6 Å². The lowest BCUT2D eigenvalue weighted by atomic mass is 9.99. The molecule has 7 heteroatoms. The summed E-state index contributed by atoms with van der Waals surface area (Å²) in [7, 11) is 0. The molecule has 1 unspecified atom stereocenters. The summed E-state index contributed by atoms with van der Waals surface area (Å²) in [4.78, 5) is 18.1. The highest BCUT2D eigenvalue weighted by Crippen LogP contribution is 2.23. The fraction of sp³-hybridized carbons (Fsp3) is 0.136. The van der Waals surface area contributed by atoms with Crippen LogP contribution in [0.25, 0.3) is 10.7 Å². The van der Waals surface area contributed by atoms with Gasteiger partial charge < -0.3 is 5.32 Å². The van der Waals surface area contributed by atoms with Crippen LogP contribution in [0.1, 0.15) is 17.2 Å². The lowest BCUT2D eigenvalue weighted by Crippen LogP contribution is -2.31. The normalized spacial score (nSPS) is 11.9. The SMILES string of the molecule is O=C(CSc1n[nH]c(-c2cccs2)n1)NC(Cc1ccccc1)c1ccccc1. The Morgan fingerprint density at radius 3 is 2.52 bits per heavy atom. The number of aromatic nitrogens is 3. The molecule has 0 radical (unpaired) electrons. The van der Waals surface area contributed by atoms with Crippen molar-refractivity contribution < 1.29 is 4.79 Å². The molecule has 1 amide bonds. The zero-order valence-corrected chi connectivity index (χ0v) is 17.2. The summed E-state index contributed by atoms with van der Waals surface area (Å²) in [5.74, 6) is 0.955. The van der Waals surface area contributed by atoms with Gasteiger partial charge in [0.1, 0.15) is 0 Å². The topological polar surface area (TPSA) is 70.7 Å². The Kier molecular flexibility index (Phi) is 6.38. The van der Waals surface area contributed by atoms with Gasteiger partial charge in [-0.1, -0.05) is 78.5 Å². The largest absolute Gasteiger partial charge is 0.348 e. The van der Waals surface area contributed by atoms with E-state index in [1.165, 1.54) is 17.3 Å². The van der Waals surface area contributed by atoms with Crippen molar-refractivity contribution in [2.75, 3.05) is 5.75 Å². The monoisotopic (exact) mass is 420 g/mol. The maximum Gasteiger partial charge on any atom is 0.230 e. The van der Waals surface area contributed by atoms with E-state index in [4.69, 9.17) is 0 Å². The van der Waals surface area contributed by atoms with E-state index in [1.807, 2.05) is 66.0 Å². The van der Waals surface area contributed by atoms with Gasteiger partial charge in [-0.3, -0.25) is 9.89 Å². The average molecular weight is 421 g/mol. The van der Waals surface area contributed by atoms with E-state index in [0.29, 0.717) is 5.16 Å². The van der Waals surface area contributed by atoms with Gasteiger partial charge in [0.05, 0.1) is 16.7 Å². The van der Waals surface area contributed by atoms with E-state index in [9.17, 15) is 4.79 Å². The summed E-state index contributed by atoms with van der Waals surface area (Å²) in [6.45, 7) is 0. The van der Waals surface area contributed by atoms with Crippen LogP contribution in [0.4, 0.5) is 0 Å². The van der Waals surface area contributed by atoms with E-state index >= 15 is 0 Å². The maximum atomic E-state index is 12.6. The van der Waals surface area contributed by atoms with Gasteiger partial charge in [0.15, 0.2) is 5.82 Å². The number of hydrogen-bond acceptors (Lipinski definition) is 5. The Labute approximate surface area is 177 Å². The minimum Gasteiger partial charge on any atom is -0.348 e. The first-order valence-corrected chi connectivity index (χ1v) is 11.1. The number of carbonyl (C=O) groups is 1. The van der Waals surface area contributed by atoms with Crippen LogP contribution in [-0.2, 0) is 11.2 Å². The minimum absolute atomic E-state index is 0.0396. The molecule has 146 valence electrons. The second-order valence-corrected chi connectivity index (χ2v) is 8.34. The number of aromatic amines is 1. The zero-order valence-electron chi connectivity index (χ0n) is 15.6. The quantitative estimate of drug-likeness (QED) is 0.405. The molecule has 0 aliphatic carbocycles. The summed E-state index contributed by atoms with van der Waals surface area (Å²) in [6, 6.07) is 24.1. The number of carbonyl (C=O) groups excluding carboxylic acids is 1. The highest BCUT2D eigenvalue weighted by Gasteiger charge is 2.16. The molecule has 0 fully saturated rings.